The van der Waals surface area contributed by atoms with Gasteiger partial charge < -0.3 is 15.4 Å². The molecule has 4 N–H and O–H groups in total. The van der Waals surface area contributed by atoms with E-state index in [2.05, 4.69) is 25.5 Å². The molecule has 188 valence electrons. The maximum absolute atomic E-state index is 14.0. The quantitative estimate of drug-likeness (QED) is 0.238. The van der Waals surface area contributed by atoms with Crippen LogP contribution in [0.4, 0.5) is 10.1 Å². The highest BCUT2D eigenvalue weighted by molar-refractivity contribution is 5.97. The number of rotatable bonds is 5. The Morgan fingerprint density at radius 3 is 2.66 bits per heavy atom. The number of nitrogens with one attached hydrogen (secondary N) is 3. The molecular weight excluding hydrogens is 485 g/mol. The van der Waals surface area contributed by atoms with Gasteiger partial charge in [-0.3, -0.25) is 14.9 Å². The first-order chi connectivity index (χ1) is 18.4. The number of aromatic nitrogens is 6. The number of phenols is 1. The second-order valence-corrected chi connectivity index (χ2v) is 9.26. The zero-order chi connectivity index (χ0) is 26.4. The molecule has 0 atom stereocenters. The number of nitrogens with zero attached hydrogens (tertiary/aromatic N) is 4. The molecule has 0 aliphatic heterocycles. The largest absolute Gasteiger partial charge is 0.508 e. The summed E-state index contributed by atoms with van der Waals surface area (Å²) in [4.78, 5) is 29.2. The minimum Gasteiger partial charge on any atom is -0.508 e. The topological polar surface area (TPSA) is 132 Å². The standard InChI is InChI=1S/C28H22FN7O2/c1-14(2)28(38)31-18-9-16(12-30-13-18)21-6-7-23-25(32-21)26(36-35-23)27-33-22-5-3-4-20(24(22)34-27)15-8-17(29)11-19(37)10-15/h3-14,37H,1-2H3,(H,31,38)(H,33,34)(H,35,36). The second-order valence-electron chi connectivity index (χ2n) is 9.26. The van der Waals surface area contributed by atoms with Gasteiger partial charge in [0, 0.05) is 29.3 Å². The lowest BCUT2D eigenvalue weighted by molar-refractivity contribution is -0.118. The fraction of sp³-hybridized carbons (Fsp3) is 0.107. The van der Waals surface area contributed by atoms with Gasteiger partial charge in [0.15, 0.2) is 11.5 Å². The van der Waals surface area contributed by atoms with E-state index in [9.17, 15) is 14.3 Å². The lowest BCUT2D eigenvalue weighted by Crippen LogP contribution is -2.17. The van der Waals surface area contributed by atoms with E-state index < -0.39 is 5.82 Å². The Labute approximate surface area is 215 Å². The molecule has 0 radical (unpaired) electrons. The maximum Gasteiger partial charge on any atom is 0.226 e. The summed E-state index contributed by atoms with van der Waals surface area (Å²) in [6.45, 7) is 3.65. The van der Waals surface area contributed by atoms with E-state index in [1.165, 1.54) is 12.1 Å². The van der Waals surface area contributed by atoms with Crippen LogP contribution in [0, 0.1) is 11.7 Å². The summed E-state index contributed by atoms with van der Waals surface area (Å²) in [7, 11) is 0. The Bertz CT molecular complexity index is 1820. The highest BCUT2D eigenvalue weighted by Crippen LogP contribution is 2.33. The number of aromatic amines is 2. The third-order valence-electron chi connectivity index (χ3n) is 6.16. The number of amides is 1. The van der Waals surface area contributed by atoms with Crippen molar-refractivity contribution in [2.45, 2.75) is 13.8 Å². The summed E-state index contributed by atoms with van der Waals surface area (Å²) in [5, 5.41) is 20.2. The van der Waals surface area contributed by atoms with Crippen LogP contribution in [-0.4, -0.2) is 41.1 Å². The molecule has 0 fully saturated rings. The fourth-order valence-electron chi connectivity index (χ4n) is 4.27. The van der Waals surface area contributed by atoms with E-state index in [4.69, 9.17) is 9.97 Å². The number of para-hydroxylation sites is 1. The fourth-order valence-corrected chi connectivity index (χ4v) is 4.27. The summed E-state index contributed by atoms with van der Waals surface area (Å²) >= 11 is 0. The number of halogens is 1. The van der Waals surface area contributed by atoms with Crippen molar-refractivity contribution in [3.05, 3.63) is 72.8 Å². The van der Waals surface area contributed by atoms with E-state index >= 15 is 0 Å². The average Bonchev–Trinajstić information content (AvgIpc) is 3.51. The van der Waals surface area contributed by atoms with Crippen molar-refractivity contribution >= 4 is 33.7 Å². The first-order valence-corrected chi connectivity index (χ1v) is 12.0. The summed E-state index contributed by atoms with van der Waals surface area (Å²) in [6, 6.07) is 15.0. The van der Waals surface area contributed by atoms with E-state index in [0.29, 0.717) is 45.1 Å². The smallest absolute Gasteiger partial charge is 0.226 e. The molecule has 4 heterocycles. The van der Waals surface area contributed by atoms with E-state index in [-0.39, 0.29) is 17.6 Å². The van der Waals surface area contributed by atoms with Gasteiger partial charge in [0.2, 0.25) is 5.91 Å². The summed E-state index contributed by atoms with van der Waals surface area (Å²) in [6.07, 6.45) is 3.27. The number of hydrogen-bond acceptors (Lipinski definition) is 6. The van der Waals surface area contributed by atoms with Gasteiger partial charge in [0.1, 0.15) is 17.1 Å². The Kier molecular flexibility index (Phi) is 5.56. The van der Waals surface area contributed by atoms with Crippen LogP contribution in [0.3, 0.4) is 0 Å². The minimum atomic E-state index is -0.537. The normalized spacial score (nSPS) is 11.5. The number of phenolic OH excluding ortho intramolecular Hbond substituents is 1. The SMILES string of the molecule is CC(C)C(=O)Nc1cncc(-c2ccc3[nH]nc(-c4nc5c(-c6cc(O)cc(F)c6)cccc5[nH]4)c3n2)c1. The molecule has 1 amide bonds. The van der Waals surface area contributed by atoms with Crippen LogP contribution >= 0.6 is 0 Å². The molecule has 0 spiro atoms. The van der Waals surface area contributed by atoms with Gasteiger partial charge in [-0.05, 0) is 42.0 Å². The van der Waals surface area contributed by atoms with Gasteiger partial charge in [-0.2, -0.15) is 5.10 Å². The van der Waals surface area contributed by atoms with Crippen LogP contribution in [0.1, 0.15) is 13.8 Å². The van der Waals surface area contributed by atoms with Gasteiger partial charge in [-0.1, -0.05) is 26.0 Å². The lowest BCUT2D eigenvalue weighted by Gasteiger charge is -2.08. The Balaban J connectivity index is 1.42. The van der Waals surface area contributed by atoms with Crippen LogP contribution < -0.4 is 5.32 Å². The van der Waals surface area contributed by atoms with Crippen LogP contribution in [0.2, 0.25) is 0 Å². The van der Waals surface area contributed by atoms with Crippen LogP contribution in [0.25, 0.3) is 56.0 Å². The number of carbonyl (C=O) groups is 1. The molecule has 2 aromatic carbocycles. The number of benzene rings is 2. The first-order valence-electron chi connectivity index (χ1n) is 12.0. The zero-order valence-corrected chi connectivity index (χ0v) is 20.5. The molecule has 9 nitrogen and oxygen atoms in total. The highest BCUT2D eigenvalue weighted by Gasteiger charge is 2.18. The predicted molar refractivity (Wildman–Crippen MR) is 143 cm³/mol. The number of imidazole rings is 1. The molecule has 0 aliphatic rings. The van der Waals surface area contributed by atoms with Gasteiger partial charge in [0.25, 0.3) is 0 Å². The van der Waals surface area contributed by atoms with Gasteiger partial charge >= 0.3 is 0 Å². The van der Waals surface area contributed by atoms with Gasteiger partial charge in [0.05, 0.1) is 34.1 Å². The summed E-state index contributed by atoms with van der Waals surface area (Å²) in [5.41, 5.74) is 6.32. The molecule has 0 bridgehead atoms. The molecule has 38 heavy (non-hydrogen) atoms. The minimum absolute atomic E-state index is 0.0952. The van der Waals surface area contributed by atoms with Crippen molar-refractivity contribution in [3.8, 4) is 39.7 Å². The van der Waals surface area contributed by atoms with Crippen molar-refractivity contribution in [2.75, 3.05) is 5.32 Å². The van der Waals surface area contributed by atoms with E-state index in [1.54, 1.807) is 12.4 Å². The molecule has 0 saturated heterocycles. The lowest BCUT2D eigenvalue weighted by atomic mass is 10.0. The molecule has 6 aromatic rings. The highest BCUT2D eigenvalue weighted by atomic mass is 19.1. The van der Waals surface area contributed by atoms with Crippen molar-refractivity contribution in [3.63, 3.8) is 0 Å². The third-order valence-corrected chi connectivity index (χ3v) is 6.16. The number of carbonyl (C=O) groups excluding carboxylic acids is 1. The maximum atomic E-state index is 14.0. The number of aromatic hydroxyl groups is 1. The van der Waals surface area contributed by atoms with Crippen molar-refractivity contribution in [1.29, 1.82) is 0 Å². The Morgan fingerprint density at radius 1 is 0.974 bits per heavy atom. The third kappa shape index (κ3) is 4.21. The van der Waals surface area contributed by atoms with E-state index in [0.717, 1.165) is 22.7 Å². The van der Waals surface area contributed by atoms with Crippen molar-refractivity contribution in [2.24, 2.45) is 5.92 Å². The molecule has 10 heteroatoms. The molecule has 4 aromatic heterocycles. The molecule has 0 saturated carbocycles. The summed E-state index contributed by atoms with van der Waals surface area (Å²) in [5.74, 6) is -0.463. The van der Waals surface area contributed by atoms with Crippen molar-refractivity contribution < 1.29 is 14.3 Å². The van der Waals surface area contributed by atoms with Gasteiger partial charge in [-0.25, -0.2) is 14.4 Å². The van der Waals surface area contributed by atoms with Gasteiger partial charge in [-0.15, -0.1) is 0 Å². The Hall–Kier alpha value is -5.12. The summed E-state index contributed by atoms with van der Waals surface area (Å²) < 4.78 is 14.0. The number of fused-ring (bicyclic) bond motifs is 2. The molecule has 6 rings (SSSR count). The van der Waals surface area contributed by atoms with Crippen LogP contribution in [0.5, 0.6) is 5.75 Å². The average molecular weight is 508 g/mol. The van der Waals surface area contributed by atoms with Crippen LogP contribution in [-0.2, 0) is 4.79 Å². The Morgan fingerprint density at radius 2 is 1.84 bits per heavy atom. The second kappa shape index (κ2) is 9.07. The van der Waals surface area contributed by atoms with E-state index in [1.807, 2.05) is 50.2 Å². The number of H-pyrrole nitrogens is 2. The molecular formula is C28H22FN7O2. The van der Waals surface area contributed by atoms with Crippen molar-refractivity contribution in [1.82, 2.24) is 30.1 Å². The zero-order valence-electron chi connectivity index (χ0n) is 20.5. The first kappa shape index (κ1) is 23.3. The number of anilines is 1. The number of pyridine rings is 2. The van der Waals surface area contributed by atoms with Crippen LogP contribution in [0.15, 0.2) is 67.0 Å². The number of hydrogen-bond donors (Lipinski definition) is 4. The monoisotopic (exact) mass is 507 g/mol. The molecule has 0 aliphatic carbocycles. The molecule has 0 unspecified atom stereocenters. The predicted octanol–water partition coefficient (Wildman–Crippen LogP) is 5.67.